The van der Waals surface area contributed by atoms with Gasteiger partial charge in [-0.1, -0.05) is 24.3 Å². The predicted octanol–water partition coefficient (Wildman–Crippen LogP) is 2.92. The summed E-state index contributed by atoms with van der Waals surface area (Å²) in [5, 5.41) is 4.58. The van der Waals surface area contributed by atoms with Crippen LogP contribution in [-0.4, -0.2) is 24.4 Å². The molecule has 1 aromatic heterocycles. The lowest BCUT2D eigenvalue weighted by molar-refractivity contribution is -0.120. The second-order valence-electron chi connectivity index (χ2n) is 4.59. The third kappa shape index (κ3) is 3.70. The van der Waals surface area contributed by atoms with Crippen LogP contribution in [0, 0.1) is 0 Å². The van der Waals surface area contributed by atoms with Crippen LogP contribution in [0.4, 0.5) is 5.69 Å². The largest absolute Gasteiger partial charge is 0.340 e. The number of hydrogen-bond acceptors (Lipinski definition) is 3. The molecule has 0 saturated carbocycles. The van der Waals surface area contributed by atoms with Crippen molar-refractivity contribution in [2.45, 2.75) is 19.9 Å². The maximum atomic E-state index is 12.5. The number of anilines is 1. The van der Waals surface area contributed by atoms with Crippen LogP contribution in [0.25, 0.3) is 0 Å². The molecule has 5 heteroatoms. The van der Waals surface area contributed by atoms with Gasteiger partial charge in [-0.15, -0.1) is 11.3 Å². The zero-order chi connectivity index (χ0) is 15.2. The highest BCUT2D eigenvalue weighted by atomic mass is 32.1. The van der Waals surface area contributed by atoms with E-state index in [9.17, 15) is 9.59 Å². The summed E-state index contributed by atoms with van der Waals surface area (Å²) in [6, 6.07) is 12.4. The van der Waals surface area contributed by atoms with Gasteiger partial charge in [0.25, 0.3) is 5.91 Å². The van der Waals surface area contributed by atoms with Gasteiger partial charge in [0.1, 0.15) is 6.04 Å². The Kier molecular flexibility index (Phi) is 5.11. The molecule has 0 radical (unpaired) electrons. The summed E-state index contributed by atoms with van der Waals surface area (Å²) in [5.41, 5.74) is 0.835. The first-order valence-electron chi connectivity index (χ1n) is 6.84. The van der Waals surface area contributed by atoms with Gasteiger partial charge >= 0.3 is 0 Å². The van der Waals surface area contributed by atoms with Crippen molar-refractivity contribution in [1.29, 1.82) is 0 Å². The van der Waals surface area contributed by atoms with E-state index in [1.165, 1.54) is 11.3 Å². The summed E-state index contributed by atoms with van der Waals surface area (Å²) < 4.78 is 0. The first-order chi connectivity index (χ1) is 10.1. The van der Waals surface area contributed by atoms with Crippen molar-refractivity contribution >= 4 is 28.8 Å². The fourth-order valence-corrected chi connectivity index (χ4v) is 2.67. The Morgan fingerprint density at radius 2 is 1.90 bits per heavy atom. The summed E-state index contributed by atoms with van der Waals surface area (Å²) in [6.07, 6.45) is 0. The molecular weight excluding hydrogens is 284 g/mol. The maximum Gasteiger partial charge on any atom is 0.261 e. The molecule has 1 atom stereocenters. The normalized spacial score (nSPS) is 11.7. The fraction of sp³-hybridized carbons (Fsp3) is 0.250. The van der Waals surface area contributed by atoms with Crippen LogP contribution in [0.2, 0.25) is 0 Å². The molecule has 0 aliphatic heterocycles. The summed E-state index contributed by atoms with van der Waals surface area (Å²) in [7, 11) is 0. The standard InChI is InChI=1S/C16H18N2O2S/c1-3-18(13-8-5-4-6-9-13)16(20)12(2)17-15(19)14-10-7-11-21-14/h4-12H,3H2,1-2H3,(H,17,19). The first-order valence-corrected chi connectivity index (χ1v) is 7.72. The molecule has 1 aromatic carbocycles. The Hall–Kier alpha value is -2.14. The van der Waals surface area contributed by atoms with E-state index in [4.69, 9.17) is 0 Å². The van der Waals surface area contributed by atoms with E-state index in [0.717, 1.165) is 5.69 Å². The van der Waals surface area contributed by atoms with Gasteiger partial charge in [0.15, 0.2) is 0 Å². The van der Waals surface area contributed by atoms with Gasteiger partial charge < -0.3 is 10.2 Å². The van der Waals surface area contributed by atoms with Crippen LogP contribution in [0.3, 0.4) is 0 Å². The lowest BCUT2D eigenvalue weighted by Gasteiger charge is -2.25. The number of para-hydroxylation sites is 1. The van der Waals surface area contributed by atoms with E-state index in [2.05, 4.69) is 5.32 Å². The molecule has 1 unspecified atom stereocenters. The van der Waals surface area contributed by atoms with Crippen molar-refractivity contribution in [3.8, 4) is 0 Å². The van der Waals surface area contributed by atoms with E-state index in [0.29, 0.717) is 11.4 Å². The first kappa shape index (κ1) is 15.3. The third-order valence-electron chi connectivity index (χ3n) is 3.11. The molecule has 0 aliphatic rings. The van der Waals surface area contributed by atoms with Crippen molar-refractivity contribution < 1.29 is 9.59 Å². The number of benzene rings is 1. The number of nitrogens with one attached hydrogen (secondary N) is 1. The Balaban J connectivity index is 2.06. The van der Waals surface area contributed by atoms with Gasteiger partial charge in [-0.3, -0.25) is 9.59 Å². The number of carbonyl (C=O) groups is 2. The molecule has 2 aromatic rings. The van der Waals surface area contributed by atoms with Crippen LogP contribution in [0.5, 0.6) is 0 Å². The van der Waals surface area contributed by atoms with Gasteiger partial charge in [0, 0.05) is 12.2 Å². The van der Waals surface area contributed by atoms with Gasteiger partial charge in [-0.05, 0) is 37.4 Å². The van der Waals surface area contributed by atoms with Crippen molar-refractivity contribution in [2.24, 2.45) is 0 Å². The molecule has 0 fully saturated rings. The van der Waals surface area contributed by atoms with Crippen LogP contribution >= 0.6 is 11.3 Å². The molecule has 21 heavy (non-hydrogen) atoms. The van der Waals surface area contributed by atoms with Gasteiger partial charge in [0.05, 0.1) is 4.88 Å². The van der Waals surface area contributed by atoms with Gasteiger partial charge in [0.2, 0.25) is 5.91 Å². The average Bonchev–Trinajstić information content (AvgIpc) is 3.03. The summed E-state index contributed by atoms with van der Waals surface area (Å²) in [4.78, 5) is 26.8. The van der Waals surface area contributed by atoms with E-state index >= 15 is 0 Å². The van der Waals surface area contributed by atoms with Crippen LogP contribution in [0.15, 0.2) is 47.8 Å². The van der Waals surface area contributed by atoms with E-state index < -0.39 is 6.04 Å². The summed E-state index contributed by atoms with van der Waals surface area (Å²) in [6.45, 7) is 4.18. The van der Waals surface area contributed by atoms with Crippen molar-refractivity contribution in [3.63, 3.8) is 0 Å². The highest BCUT2D eigenvalue weighted by molar-refractivity contribution is 7.12. The molecule has 1 heterocycles. The summed E-state index contributed by atoms with van der Waals surface area (Å²) in [5.74, 6) is -0.330. The molecule has 0 bridgehead atoms. The van der Waals surface area contributed by atoms with Crippen molar-refractivity contribution in [3.05, 3.63) is 52.7 Å². The number of amides is 2. The third-order valence-corrected chi connectivity index (χ3v) is 3.98. The molecule has 1 N–H and O–H groups in total. The number of rotatable bonds is 5. The number of thiophene rings is 1. The zero-order valence-corrected chi connectivity index (χ0v) is 12.9. The Labute approximate surface area is 128 Å². The lowest BCUT2D eigenvalue weighted by Crippen LogP contribution is -2.47. The monoisotopic (exact) mass is 302 g/mol. The number of carbonyl (C=O) groups excluding carboxylic acids is 2. The quantitative estimate of drug-likeness (QED) is 0.923. The Morgan fingerprint density at radius 1 is 1.19 bits per heavy atom. The topological polar surface area (TPSA) is 49.4 Å². The Bertz CT molecular complexity index is 596. The minimum atomic E-state index is -0.570. The van der Waals surface area contributed by atoms with Crippen molar-refractivity contribution in [2.75, 3.05) is 11.4 Å². The summed E-state index contributed by atoms with van der Waals surface area (Å²) >= 11 is 1.36. The average molecular weight is 302 g/mol. The van der Waals surface area contributed by atoms with Gasteiger partial charge in [-0.2, -0.15) is 0 Å². The Morgan fingerprint density at radius 3 is 2.48 bits per heavy atom. The predicted molar refractivity (Wildman–Crippen MR) is 85.7 cm³/mol. The van der Waals surface area contributed by atoms with E-state index in [1.807, 2.05) is 48.7 Å². The van der Waals surface area contributed by atoms with Crippen LogP contribution in [0.1, 0.15) is 23.5 Å². The lowest BCUT2D eigenvalue weighted by atomic mass is 10.2. The number of nitrogens with zero attached hydrogens (tertiary/aromatic N) is 1. The molecule has 2 amide bonds. The molecule has 0 spiro atoms. The second-order valence-corrected chi connectivity index (χ2v) is 5.54. The molecule has 0 aliphatic carbocycles. The van der Waals surface area contributed by atoms with Crippen LogP contribution in [-0.2, 0) is 4.79 Å². The maximum absolute atomic E-state index is 12.5. The molecule has 2 rings (SSSR count). The van der Waals surface area contributed by atoms with E-state index in [1.54, 1.807) is 17.9 Å². The van der Waals surface area contributed by atoms with Gasteiger partial charge in [-0.25, -0.2) is 0 Å². The highest BCUT2D eigenvalue weighted by Crippen LogP contribution is 2.14. The van der Waals surface area contributed by atoms with E-state index in [-0.39, 0.29) is 11.8 Å². The highest BCUT2D eigenvalue weighted by Gasteiger charge is 2.22. The minimum Gasteiger partial charge on any atom is -0.340 e. The zero-order valence-electron chi connectivity index (χ0n) is 12.1. The fourth-order valence-electron chi connectivity index (χ4n) is 2.04. The van der Waals surface area contributed by atoms with Crippen LogP contribution < -0.4 is 10.2 Å². The number of hydrogen-bond donors (Lipinski definition) is 1. The molecular formula is C16H18N2O2S. The molecule has 4 nitrogen and oxygen atoms in total. The van der Waals surface area contributed by atoms with Crippen molar-refractivity contribution in [1.82, 2.24) is 5.32 Å². The molecule has 110 valence electrons. The smallest absolute Gasteiger partial charge is 0.261 e. The minimum absolute atomic E-state index is 0.117. The SMILES string of the molecule is CCN(C(=O)C(C)NC(=O)c1cccs1)c1ccccc1. The second kappa shape index (κ2) is 7.04. The molecule has 0 saturated heterocycles. The number of likely N-dealkylation sites (N-methyl/N-ethyl adjacent to an activating group) is 1.